The predicted molar refractivity (Wildman–Crippen MR) is 82.5 cm³/mol. The lowest BCUT2D eigenvalue weighted by molar-refractivity contribution is -0.0461. The van der Waals surface area contributed by atoms with Crippen molar-refractivity contribution >= 4 is 23.2 Å². The second-order valence-electron chi connectivity index (χ2n) is 5.66. The van der Waals surface area contributed by atoms with Gasteiger partial charge < -0.3 is 15.8 Å². The van der Waals surface area contributed by atoms with Crippen molar-refractivity contribution in [3.63, 3.8) is 0 Å². The molecule has 114 valence electrons. The molecule has 2 saturated heterocycles. The molecule has 2 fully saturated rings. The number of fused-ring (bicyclic) bond motifs is 1. The molecule has 0 saturated carbocycles. The molecule has 0 aliphatic carbocycles. The van der Waals surface area contributed by atoms with E-state index < -0.39 is 0 Å². The Bertz CT molecular complexity index is 517. The molecule has 1 aromatic rings. The molecule has 0 bridgehead atoms. The number of hydrogen-bond acceptors (Lipinski definition) is 4. The second-order valence-corrected chi connectivity index (χ2v) is 6.07. The van der Waals surface area contributed by atoms with Crippen molar-refractivity contribution in [1.82, 2.24) is 10.2 Å². The highest BCUT2D eigenvalue weighted by Crippen LogP contribution is 2.23. The van der Waals surface area contributed by atoms with Crippen LogP contribution in [-0.4, -0.2) is 49.2 Å². The van der Waals surface area contributed by atoms with E-state index >= 15 is 0 Å². The summed E-state index contributed by atoms with van der Waals surface area (Å²) in [7, 11) is 0. The zero-order valence-corrected chi connectivity index (χ0v) is 12.6. The van der Waals surface area contributed by atoms with Crippen LogP contribution in [-0.2, 0) is 4.74 Å². The topological polar surface area (TPSA) is 67.6 Å². The maximum absolute atomic E-state index is 12.2. The number of nitrogens with one attached hydrogen (secondary N) is 1. The molecule has 5 nitrogen and oxygen atoms in total. The number of carbonyl (C=O) groups is 1. The molecular formula is C15H20ClN3O2. The van der Waals surface area contributed by atoms with Crippen molar-refractivity contribution in [2.45, 2.75) is 25.0 Å². The lowest BCUT2D eigenvalue weighted by atomic mass is 10.1. The summed E-state index contributed by atoms with van der Waals surface area (Å²) in [6.07, 6.45) is 2.49. The van der Waals surface area contributed by atoms with Crippen LogP contribution >= 0.6 is 11.6 Å². The molecule has 0 spiro atoms. The van der Waals surface area contributed by atoms with Gasteiger partial charge >= 0.3 is 0 Å². The summed E-state index contributed by atoms with van der Waals surface area (Å²) in [4.78, 5) is 14.7. The van der Waals surface area contributed by atoms with E-state index in [1.807, 2.05) is 0 Å². The van der Waals surface area contributed by atoms with Gasteiger partial charge in [0.05, 0.1) is 23.3 Å². The van der Waals surface area contributed by atoms with Crippen molar-refractivity contribution in [2.75, 3.05) is 32.0 Å². The van der Waals surface area contributed by atoms with Gasteiger partial charge in [-0.2, -0.15) is 0 Å². The molecule has 0 radical (unpaired) electrons. The molecule has 2 aliphatic rings. The monoisotopic (exact) mass is 309 g/mol. The van der Waals surface area contributed by atoms with Crippen LogP contribution in [0.4, 0.5) is 5.69 Å². The fourth-order valence-electron chi connectivity index (χ4n) is 3.08. The number of nitrogens with two attached hydrogens (primary N) is 1. The van der Waals surface area contributed by atoms with E-state index in [1.54, 1.807) is 18.2 Å². The van der Waals surface area contributed by atoms with Crippen LogP contribution in [0, 0.1) is 0 Å². The Morgan fingerprint density at radius 3 is 3.19 bits per heavy atom. The van der Waals surface area contributed by atoms with Gasteiger partial charge in [0.25, 0.3) is 5.91 Å². The third kappa shape index (κ3) is 3.15. The maximum atomic E-state index is 12.2. The van der Waals surface area contributed by atoms with Crippen LogP contribution in [0.15, 0.2) is 18.2 Å². The van der Waals surface area contributed by atoms with Gasteiger partial charge in [0, 0.05) is 24.8 Å². The van der Waals surface area contributed by atoms with Crippen LogP contribution in [0.2, 0.25) is 5.02 Å². The Kier molecular flexibility index (Phi) is 4.33. The number of morpholine rings is 1. The first kappa shape index (κ1) is 14.6. The molecule has 1 amide bonds. The van der Waals surface area contributed by atoms with Gasteiger partial charge in [-0.05, 0) is 31.5 Å². The fourth-order valence-corrected chi connectivity index (χ4v) is 3.35. The molecule has 2 atom stereocenters. The summed E-state index contributed by atoms with van der Waals surface area (Å²) in [5.41, 5.74) is 6.55. The summed E-state index contributed by atoms with van der Waals surface area (Å²) in [6, 6.07) is 5.63. The first-order valence-electron chi connectivity index (χ1n) is 7.33. The van der Waals surface area contributed by atoms with Crippen LogP contribution in [0.1, 0.15) is 23.2 Å². The Balaban J connectivity index is 1.56. The Hall–Kier alpha value is -1.30. The van der Waals surface area contributed by atoms with Crippen LogP contribution in [0.5, 0.6) is 0 Å². The van der Waals surface area contributed by atoms with Crippen LogP contribution in [0.25, 0.3) is 0 Å². The maximum Gasteiger partial charge on any atom is 0.254 e. The van der Waals surface area contributed by atoms with E-state index in [-0.39, 0.29) is 12.0 Å². The molecule has 21 heavy (non-hydrogen) atoms. The van der Waals surface area contributed by atoms with E-state index in [1.165, 1.54) is 12.8 Å². The van der Waals surface area contributed by atoms with Gasteiger partial charge in [0.2, 0.25) is 0 Å². The SMILES string of the molecule is Nc1cccc(Cl)c1C(=O)NCC1CN2CCCC2CO1. The Morgan fingerprint density at radius 2 is 2.38 bits per heavy atom. The first-order chi connectivity index (χ1) is 10.1. The van der Waals surface area contributed by atoms with E-state index in [9.17, 15) is 4.79 Å². The van der Waals surface area contributed by atoms with Gasteiger partial charge in [-0.15, -0.1) is 0 Å². The summed E-state index contributed by atoms with van der Waals surface area (Å²) in [5.74, 6) is -0.245. The van der Waals surface area contributed by atoms with Gasteiger partial charge in [-0.1, -0.05) is 17.7 Å². The smallest absolute Gasteiger partial charge is 0.254 e. The highest BCUT2D eigenvalue weighted by atomic mass is 35.5. The minimum atomic E-state index is -0.245. The first-order valence-corrected chi connectivity index (χ1v) is 7.71. The van der Waals surface area contributed by atoms with Gasteiger partial charge in [0.15, 0.2) is 0 Å². The minimum absolute atomic E-state index is 0.0343. The summed E-state index contributed by atoms with van der Waals surface area (Å²) >= 11 is 6.04. The van der Waals surface area contributed by atoms with Gasteiger partial charge in [-0.3, -0.25) is 9.69 Å². The molecule has 2 unspecified atom stereocenters. The third-order valence-corrected chi connectivity index (χ3v) is 4.54. The second kappa shape index (κ2) is 6.22. The zero-order chi connectivity index (χ0) is 14.8. The Morgan fingerprint density at radius 1 is 1.52 bits per heavy atom. The van der Waals surface area contributed by atoms with E-state index in [2.05, 4.69) is 10.2 Å². The number of nitrogens with zero attached hydrogens (tertiary/aromatic N) is 1. The average molecular weight is 310 g/mol. The van der Waals surface area contributed by atoms with E-state index in [0.717, 1.165) is 19.7 Å². The van der Waals surface area contributed by atoms with Crippen molar-refractivity contribution in [3.05, 3.63) is 28.8 Å². The number of amides is 1. The Labute approximate surface area is 129 Å². The number of hydrogen-bond donors (Lipinski definition) is 2. The minimum Gasteiger partial charge on any atom is -0.398 e. The average Bonchev–Trinajstić information content (AvgIpc) is 2.92. The third-order valence-electron chi connectivity index (χ3n) is 4.22. The standard InChI is InChI=1S/C15H20ClN3O2/c16-12-4-1-5-13(17)14(12)15(20)18-7-11-8-19-6-2-3-10(19)9-21-11/h1,4-5,10-11H,2-3,6-9,17H2,(H,18,20). The number of anilines is 1. The van der Waals surface area contributed by atoms with E-state index in [4.69, 9.17) is 22.1 Å². The van der Waals surface area contributed by atoms with Gasteiger partial charge in [0.1, 0.15) is 0 Å². The van der Waals surface area contributed by atoms with Crippen LogP contribution < -0.4 is 11.1 Å². The lowest BCUT2D eigenvalue weighted by Crippen LogP contribution is -2.50. The van der Waals surface area contributed by atoms with Crippen LogP contribution in [0.3, 0.4) is 0 Å². The summed E-state index contributed by atoms with van der Waals surface area (Å²) < 4.78 is 5.82. The summed E-state index contributed by atoms with van der Waals surface area (Å²) in [6.45, 7) is 3.25. The predicted octanol–water partition coefficient (Wildman–Crippen LogP) is 1.52. The van der Waals surface area contributed by atoms with Gasteiger partial charge in [-0.25, -0.2) is 0 Å². The largest absolute Gasteiger partial charge is 0.398 e. The molecule has 3 rings (SSSR count). The highest BCUT2D eigenvalue weighted by molar-refractivity contribution is 6.34. The molecular weight excluding hydrogens is 290 g/mol. The summed E-state index contributed by atoms with van der Waals surface area (Å²) in [5, 5.41) is 3.25. The number of ether oxygens (including phenoxy) is 1. The van der Waals surface area contributed by atoms with Crippen molar-refractivity contribution in [2.24, 2.45) is 0 Å². The number of benzene rings is 1. The molecule has 0 aromatic heterocycles. The number of halogens is 1. The molecule has 6 heteroatoms. The fraction of sp³-hybridized carbons (Fsp3) is 0.533. The quantitative estimate of drug-likeness (QED) is 0.831. The van der Waals surface area contributed by atoms with Crippen molar-refractivity contribution in [1.29, 1.82) is 0 Å². The van der Waals surface area contributed by atoms with E-state index in [0.29, 0.717) is 28.9 Å². The number of nitrogen functional groups attached to an aromatic ring is 1. The molecule has 2 aliphatic heterocycles. The lowest BCUT2D eigenvalue weighted by Gasteiger charge is -2.35. The molecule has 3 N–H and O–H groups in total. The normalized spacial score (nSPS) is 25.6. The highest BCUT2D eigenvalue weighted by Gasteiger charge is 2.32. The molecule has 2 heterocycles. The van der Waals surface area contributed by atoms with Crippen molar-refractivity contribution < 1.29 is 9.53 Å². The molecule has 1 aromatic carbocycles. The number of carbonyl (C=O) groups excluding carboxylic acids is 1. The van der Waals surface area contributed by atoms with Crippen molar-refractivity contribution in [3.8, 4) is 0 Å². The zero-order valence-electron chi connectivity index (χ0n) is 11.8. The number of rotatable bonds is 3.